The molecule has 0 bridgehead atoms. The van der Waals surface area contributed by atoms with E-state index in [2.05, 4.69) is 15.3 Å². The summed E-state index contributed by atoms with van der Waals surface area (Å²) in [6.45, 7) is 1.39. The van der Waals surface area contributed by atoms with E-state index in [-0.39, 0.29) is 11.4 Å². The molecule has 8 heteroatoms. The van der Waals surface area contributed by atoms with Gasteiger partial charge in [-0.15, -0.1) is 0 Å². The predicted molar refractivity (Wildman–Crippen MR) is 73.7 cm³/mol. The van der Waals surface area contributed by atoms with Crippen molar-refractivity contribution in [1.29, 1.82) is 0 Å². The molecule has 3 N–H and O–H groups in total. The van der Waals surface area contributed by atoms with Crippen LogP contribution in [0.15, 0.2) is 29.4 Å². The molecule has 0 unspecified atom stereocenters. The molecule has 0 amide bonds. The molecule has 3 rings (SSSR count). The van der Waals surface area contributed by atoms with Gasteiger partial charge in [-0.25, -0.2) is 13.4 Å². The molecular weight excluding hydrogens is 280 g/mol. The summed E-state index contributed by atoms with van der Waals surface area (Å²) in [5.74, 6) is 0. The summed E-state index contributed by atoms with van der Waals surface area (Å²) in [5.41, 5.74) is 1.40. The van der Waals surface area contributed by atoms with E-state index < -0.39 is 16.1 Å². The molecule has 0 saturated carbocycles. The molecule has 108 valence electrons. The van der Waals surface area contributed by atoms with Gasteiger partial charge in [0.15, 0.2) is 0 Å². The lowest BCUT2D eigenvalue weighted by Crippen LogP contribution is -2.37. The van der Waals surface area contributed by atoms with Crippen molar-refractivity contribution in [3.8, 4) is 0 Å². The Kier molecular flexibility index (Phi) is 3.47. The van der Waals surface area contributed by atoms with Crippen LogP contribution in [0.2, 0.25) is 0 Å². The van der Waals surface area contributed by atoms with Crippen molar-refractivity contribution < 1.29 is 13.5 Å². The standard InChI is InChI=1S/C12H16N4O3S/c17-9-6-13-3-4-16(7-9)20(18,19)10-1-2-11-12(5-10)15-8-14-11/h1-2,5,8-9,13,17H,3-4,6-7H2,(H,14,15)/t9-/m0/s1. The van der Waals surface area contributed by atoms with Crippen molar-refractivity contribution in [2.75, 3.05) is 26.2 Å². The predicted octanol–water partition coefficient (Wildman–Crippen LogP) is -0.482. The summed E-state index contributed by atoms with van der Waals surface area (Å²) in [7, 11) is -3.60. The lowest BCUT2D eigenvalue weighted by Gasteiger charge is -2.21. The van der Waals surface area contributed by atoms with Crippen LogP contribution in [-0.2, 0) is 10.0 Å². The molecule has 7 nitrogen and oxygen atoms in total. The molecule has 20 heavy (non-hydrogen) atoms. The maximum Gasteiger partial charge on any atom is 0.243 e. The summed E-state index contributed by atoms with van der Waals surface area (Å²) >= 11 is 0. The largest absolute Gasteiger partial charge is 0.390 e. The fourth-order valence-corrected chi connectivity index (χ4v) is 3.81. The van der Waals surface area contributed by atoms with Crippen LogP contribution in [0.1, 0.15) is 0 Å². The van der Waals surface area contributed by atoms with Gasteiger partial charge < -0.3 is 15.4 Å². The average Bonchev–Trinajstić information content (AvgIpc) is 2.78. The molecule has 2 heterocycles. The molecule has 1 aromatic heterocycles. The van der Waals surface area contributed by atoms with E-state index in [1.54, 1.807) is 18.2 Å². The van der Waals surface area contributed by atoms with Crippen molar-refractivity contribution in [2.24, 2.45) is 0 Å². The third-order valence-corrected chi connectivity index (χ3v) is 5.22. The summed E-state index contributed by atoms with van der Waals surface area (Å²) in [6, 6.07) is 4.79. The first-order chi connectivity index (χ1) is 9.57. The zero-order valence-electron chi connectivity index (χ0n) is 10.8. The molecule has 1 aliphatic rings. The van der Waals surface area contributed by atoms with E-state index in [4.69, 9.17) is 0 Å². The first kappa shape index (κ1) is 13.5. The second kappa shape index (κ2) is 5.13. The topological polar surface area (TPSA) is 98.3 Å². The van der Waals surface area contributed by atoms with Crippen LogP contribution in [-0.4, -0.2) is 60.1 Å². The van der Waals surface area contributed by atoms with Crippen LogP contribution < -0.4 is 5.32 Å². The highest BCUT2D eigenvalue weighted by Crippen LogP contribution is 2.20. The van der Waals surface area contributed by atoms with Gasteiger partial charge in [-0.2, -0.15) is 4.31 Å². The molecule has 0 aliphatic carbocycles. The van der Waals surface area contributed by atoms with Gasteiger partial charge in [0.2, 0.25) is 10.0 Å². The number of nitrogens with one attached hydrogen (secondary N) is 2. The molecular formula is C12H16N4O3S. The number of hydrogen-bond acceptors (Lipinski definition) is 5. The van der Waals surface area contributed by atoms with Crippen LogP contribution >= 0.6 is 0 Å². The Morgan fingerprint density at radius 1 is 1.40 bits per heavy atom. The third kappa shape index (κ3) is 2.42. The minimum absolute atomic E-state index is 0.107. The summed E-state index contributed by atoms with van der Waals surface area (Å²) < 4.78 is 26.5. The van der Waals surface area contributed by atoms with Crippen LogP contribution in [0.25, 0.3) is 11.0 Å². The number of benzene rings is 1. The van der Waals surface area contributed by atoms with E-state index >= 15 is 0 Å². The van der Waals surface area contributed by atoms with Gasteiger partial charge in [-0.3, -0.25) is 0 Å². The van der Waals surface area contributed by atoms with E-state index in [1.807, 2.05) is 0 Å². The zero-order chi connectivity index (χ0) is 14.2. The number of rotatable bonds is 2. The Morgan fingerprint density at radius 3 is 3.10 bits per heavy atom. The number of aromatic nitrogens is 2. The van der Waals surface area contributed by atoms with Crippen LogP contribution in [0.4, 0.5) is 0 Å². The maximum absolute atomic E-state index is 12.6. The summed E-state index contributed by atoms with van der Waals surface area (Å²) in [6.07, 6.45) is 0.837. The minimum Gasteiger partial charge on any atom is -0.390 e. The number of β-amino-alcohol motifs (C(OH)–C–C–N with tert-alkyl or cyclic N) is 1. The Bertz CT molecular complexity index is 712. The second-order valence-electron chi connectivity index (χ2n) is 4.80. The SMILES string of the molecule is O=S(=O)(c1ccc2nc[nH]c2c1)N1CCNC[C@H](O)C1. The van der Waals surface area contributed by atoms with Gasteiger partial charge >= 0.3 is 0 Å². The van der Waals surface area contributed by atoms with Crippen LogP contribution in [0, 0.1) is 0 Å². The average molecular weight is 296 g/mol. The van der Waals surface area contributed by atoms with E-state index in [9.17, 15) is 13.5 Å². The smallest absolute Gasteiger partial charge is 0.243 e. The monoisotopic (exact) mass is 296 g/mol. The highest BCUT2D eigenvalue weighted by Gasteiger charge is 2.28. The van der Waals surface area contributed by atoms with Gasteiger partial charge in [0.1, 0.15) is 0 Å². The number of fused-ring (bicyclic) bond motifs is 1. The Balaban J connectivity index is 1.97. The van der Waals surface area contributed by atoms with E-state index in [0.717, 1.165) is 5.52 Å². The minimum atomic E-state index is -3.60. The highest BCUT2D eigenvalue weighted by molar-refractivity contribution is 7.89. The van der Waals surface area contributed by atoms with Gasteiger partial charge in [0, 0.05) is 26.2 Å². The van der Waals surface area contributed by atoms with Crippen molar-refractivity contribution in [1.82, 2.24) is 19.6 Å². The van der Waals surface area contributed by atoms with Crippen molar-refractivity contribution in [3.63, 3.8) is 0 Å². The second-order valence-corrected chi connectivity index (χ2v) is 6.74. The molecule has 1 atom stereocenters. The van der Waals surface area contributed by atoms with E-state index in [0.29, 0.717) is 25.2 Å². The van der Waals surface area contributed by atoms with Gasteiger partial charge in [-0.1, -0.05) is 0 Å². The third-order valence-electron chi connectivity index (χ3n) is 3.36. The molecule has 1 aliphatic heterocycles. The fourth-order valence-electron chi connectivity index (χ4n) is 2.31. The molecule has 1 saturated heterocycles. The van der Waals surface area contributed by atoms with E-state index in [1.165, 1.54) is 10.6 Å². The number of nitrogens with zero attached hydrogens (tertiary/aromatic N) is 2. The summed E-state index contributed by atoms with van der Waals surface area (Å²) in [5, 5.41) is 12.7. The van der Waals surface area contributed by atoms with Crippen molar-refractivity contribution >= 4 is 21.1 Å². The number of aliphatic hydroxyl groups excluding tert-OH is 1. The number of aliphatic hydroxyl groups is 1. The Hall–Kier alpha value is -1.48. The lowest BCUT2D eigenvalue weighted by molar-refractivity contribution is 0.159. The zero-order valence-corrected chi connectivity index (χ0v) is 11.6. The van der Waals surface area contributed by atoms with Crippen molar-refractivity contribution in [2.45, 2.75) is 11.0 Å². The van der Waals surface area contributed by atoms with Crippen LogP contribution in [0.3, 0.4) is 0 Å². The van der Waals surface area contributed by atoms with Gasteiger partial charge in [0.05, 0.1) is 28.4 Å². The first-order valence-corrected chi connectivity index (χ1v) is 7.83. The lowest BCUT2D eigenvalue weighted by atomic mass is 10.3. The molecule has 1 aromatic carbocycles. The number of imidazole rings is 1. The maximum atomic E-state index is 12.6. The van der Waals surface area contributed by atoms with Gasteiger partial charge in [-0.05, 0) is 18.2 Å². The Labute approximate surface area is 116 Å². The number of H-pyrrole nitrogens is 1. The fraction of sp³-hybridized carbons (Fsp3) is 0.417. The molecule has 1 fully saturated rings. The quantitative estimate of drug-likeness (QED) is 0.695. The van der Waals surface area contributed by atoms with Gasteiger partial charge in [0.25, 0.3) is 0 Å². The molecule has 0 spiro atoms. The highest BCUT2D eigenvalue weighted by atomic mass is 32.2. The first-order valence-electron chi connectivity index (χ1n) is 6.39. The Morgan fingerprint density at radius 2 is 2.25 bits per heavy atom. The number of hydrogen-bond donors (Lipinski definition) is 3. The number of sulfonamides is 1. The van der Waals surface area contributed by atoms with Crippen LogP contribution in [0.5, 0.6) is 0 Å². The number of aromatic amines is 1. The normalized spacial score (nSPS) is 21.9. The molecule has 0 radical (unpaired) electrons. The van der Waals surface area contributed by atoms with Crippen molar-refractivity contribution in [3.05, 3.63) is 24.5 Å². The molecule has 2 aromatic rings. The summed E-state index contributed by atoms with van der Waals surface area (Å²) in [4.78, 5) is 7.18.